The third-order valence-electron chi connectivity index (χ3n) is 3.81. The molecule has 0 amide bonds. The smallest absolute Gasteiger partial charge is 0.0957 e. The van der Waals surface area contributed by atoms with Crippen LogP contribution in [0.3, 0.4) is 0 Å². The molecule has 0 aliphatic carbocycles. The zero-order valence-corrected chi connectivity index (χ0v) is 15.7. The number of aryl methyl sites for hydroxylation is 1. The maximum atomic E-state index is 6.32. The van der Waals surface area contributed by atoms with Crippen LogP contribution in [0.4, 0.5) is 0 Å². The Morgan fingerprint density at radius 3 is 2.23 bits per heavy atom. The van der Waals surface area contributed by atoms with Crippen molar-refractivity contribution in [3.63, 3.8) is 0 Å². The Kier molecular flexibility index (Phi) is 9.19. The van der Waals surface area contributed by atoms with Gasteiger partial charge in [0, 0.05) is 17.1 Å². The summed E-state index contributed by atoms with van der Waals surface area (Å²) in [4.78, 5) is 5.39. The second kappa shape index (κ2) is 9.73. The van der Waals surface area contributed by atoms with E-state index in [1.807, 2.05) is 41.8 Å². The first-order valence-electron chi connectivity index (χ1n) is 8.49. The highest BCUT2D eigenvalue weighted by Gasteiger charge is 2.21. The van der Waals surface area contributed by atoms with E-state index in [4.69, 9.17) is 7.85 Å². The van der Waals surface area contributed by atoms with Crippen LogP contribution in [-0.4, -0.2) is 37.3 Å². The molecule has 0 spiro atoms. The van der Waals surface area contributed by atoms with Crippen LogP contribution in [0.25, 0.3) is 10.9 Å². The summed E-state index contributed by atoms with van der Waals surface area (Å²) >= 11 is 0. The molecule has 1 atom stereocenters. The summed E-state index contributed by atoms with van der Waals surface area (Å²) < 4.78 is 0. The van der Waals surface area contributed by atoms with E-state index in [-0.39, 0.29) is 5.44 Å². The van der Waals surface area contributed by atoms with E-state index in [9.17, 15) is 0 Å². The molecule has 1 aromatic carbocycles. The Hall–Kier alpha value is -1.22. The third-order valence-corrected chi connectivity index (χ3v) is 3.81. The highest BCUT2D eigenvalue weighted by Crippen LogP contribution is 2.24. The van der Waals surface area contributed by atoms with Crippen molar-refractivity contribution in [2.24, 2.45) is 0 Å². The lowest BCUT2D eigenvalue weighted by Gasteiger charge is -2.33. The van der Waals surface area contributed by atoms with E-state index < -0.39 is 0 Å². The van der Waals surface area contributed by atoms with Gasteiger partial charge in [-0.2, -0.15) is 0 Å². The van der Waals surface area contributed by atoms with Crippen LogP contribution in [0, 0.1) is 0 Å². The Balaban J connectivity index is 0.00000102. The van der Waals surface area contributed by atoms with Crippen LogP contribution in [0.1, 0.15) is 52.7 Å². The van der Waals surface area contributed by atoms with Gasteiger partial charge in [-0.05, 0) is 55.6 Å². The molecule has 0 saturated heterocycles. The van der Waals surface area contributed by atoms with E-state index in [0.29, 0.717) is 0 Å². The minimum atomic E-state index is -0.322. The average molecular weight is 300 g/mol. The van der Waals surface area contributed by atoms with Gasteiger partial charge in [0.25, 0.3) is 0 Å². The Labute approximate surface area is 138 Å². The molecular weight excluding hydrogens is 267 g/mol. The predicted octanol–water partition coefficient (Wildman–Crippen LogP) is 4.77. The molecule has 0 fully saturated rings. The lowest BCUT2D eigenvalue weighted by molar-refractivity contribution is 0.267. The van der Waals surface area contributed by atoms with Gasteiger partial charge in [-0.3, -0.25) is 0 Å². The first-order chi connectivity index (χ1) is 10.4. The maximum absolute atomic E-state index is 6.32. The molecule has 3 heteroatoms. The minimum absolute atomic E-state index is 0.322. The topological polar surface area (TPSA) is 19.0 Å². The number of fused-ring (bicyclic) bond motifs is 1. The van der Waals surface area contributed by atoms with Gasteiger partial charge < -0.3 is 9.88 Å². The lowest BCUT2D eigenvalue weighted by Crippen LogP contribution is -2.43. The second-order valence-electron chi connectivity index (χ2n) is 5.48. The summed E-state index contributed by atoms with van der Waals surface area (Å²) in [5.41, 5.74) is 3.53. The average Bonchev–Trinajstić information content (AvgIpc) is 2.92. The van der Waals surface area contributed by atoms with Crippen molar-refractivity contribution in [3.05, 3.63) is 35.5 Å². The number of rotatable bonds is 4. The molecule has 22 heavy (non-hydrogen) atoms. The predicted molar refractivity (Wildman–Crippen MR) is 102 cm³/mol. The van der Waals surface area contributed by atoms with Gasteiger partial charge in [0.05, 0.1) is 7.85 Å². The van der Waals surface area contributed by atoms with E-state index in [1.54, 1.807) is 0 Å². The molecule has 0 aliphatic rings. The number of nitrogens with one attached hydrogen (secondary N) is 1. The summed E-state index contributed by atoms with van der Waals surface area (Å²) in [5, 5.41) is 1.30. The molecule has 1 heterocycles. The number of aromatic amines is 1. The summed E-state index contributed by atoms with van der Waals surface area (Å²) in [6, 6.07) is 6.60. The van der Waals surface area contributed by atoms with Crippen LogP contribution < -0.4 is 0 Å². The fraction of sp³-hybridized carbons (Fsp3) is 0.579. The Morgan fingerprint density at radius 1 is 1.14 bits per heavy atom. The highest BCUT2D eigenvalue weighted by atomic mass is 15.1. The number of aromatic nitrogens is 1. The number of H-pyrrole nitrogens is 1. The second-order valence-corrected chi connectivity index (χ2v) is 5.48. The molecule has 0 bridgehead atoms. The molecule has 2 radical (unpaired) electrons. The normalized spacial score (nSPS) is 13.0. The van der Waals surface area contributed by atoms with Gasteiger partial charge in [-0.1, -0.05) is 47.6 Å². The number of nitrogens with zero attached hydrogens (tertiary/aromatic N) is 1. The number of hydrogen-bond acceptors (Lipinski definition) is 1. The van der Waals surface area contributed by atoms with E-state index >= 15 is 0 Å². The number of benzene rings is 1. The summed E-state index contributed by atoms with van der Waals surface area (Å²) in [6.45, 7) is 12.2. The molecule has 122 valence electrons. The third kappa shape index (κ3) is 5.21. The fourth-order valence-corrected chi connectivity index (χ4v) is 2.14. The van der Waals surface area contributed by atoms with E-state index in [2.05, 4.69) is 48.1 Å². The van der Waals surface area contributed by atoms with E-state index in [0.717, 1.165) is 12.8 Å². The van der Waals surface area contributed by atoms with Crippen molar-refractivity contribution < 1.29 is 0 Å². The van der Waals surface area contributed by atoms with Crippen molar-refractivity contribution in [2.75, 3.05) is 14.1 Å². The van der Waals surface area contributed by atoms with Crippen LogP contribution in [0.2, 0.25) is 0 Å². The summed E-state index contributed by atoms with van der Waals surface area (Å²) in [6.07, 6.45) is 3.99. The first-order valence-corrected chi connectivity index (χ1v) is 8.49. The molecule has 2 nitrogen and oxygen atoms in total. The van der Waals surface area contributed by atoms with Crippen molar-refractivity contribution in [1.82, 2.24) is 9.88 Å². The fourth-order valence-electron chi connectivity index (χ4n) is 2.14. The lowest BCUT2D eigenvalue weighted by atomic mass is 9.74. The molecule has 0 aliphatic heterocycles. The standard InChI is InChI=1S/C15H21BN2.2C2H6/c1-5-11-6-7-14-13(8-11)12(10-17-14)9-15(2,16)18(3)4;2*1-2/h6-8,10,17H,5,9H2,1-4H3;2*1-2H3. The summed E-state index contributed by atoms with van der Waals surface area (Å²) in [7, 11) is 10.4. The van der Waals surface area contributed by atoms with Crippen molar-refractivity contribution in [2.45, 2.75) is 59.8 Å². The van der Waals surface area contributed by atoms with Crippen LogP contribution in [0.5, 0.6) is 0 Å². The van der Waals surface area contributed by atoms with Crippen LogP contribution >= 0.6 is 0 Å². The zero-order valence-electron chi connectivity index (χ0n) is 15.7. The first kappa shape index (κ1) is 20.8. The Morgan fingerprint density at radius 2 is 1.73 bits per heavy atom. The molecule has 1 unspecified atom stereocenters. The van der Waals surface area contributed by atoms with Crippen molar-refractivity contribution in [1.29, 1.82) is 0 Å². The van der Waals surface area contributed by atoms with E-state index in [1.165, 1.54) is 22.0 Å². The SMILES string of the molecule is CC.CC.[B]C(C)(Cc1c[nH]c2ccc(CC)cc12)N(C)C. The molecule has 2 rings (SSSR count). The zero-order chi connectivity index (χ0) is 17.3. The molecule has 1 N–H and O–H groups in total. The van der Waals surface area contributed by atoms with Crippen LogP contribution in [0.15, 0.2) is 24.4 Å². The minimum Gasteiger partial charge on any atom is -0.361 e. The Bertz CT molecular complexity index is 541. The monoisotopic (exact) mass is 300 g/mol. The van der Waals surface area contributed by atoms with Gasteiger partial charge in [-0.25, -0.2) is 0 Å². The molecule has 0 saturated carbocycles. The number of hydrogen-bond donors (Lipinski definition) is 1. The van der Waals surface area contributed by atoms with Crippen LogP contribution in [-0.2, 0) is 12.8 Å². The molecule has 2 aromatic rings. The largest absolute Gasteiger partial charge is 0.361 e. The van der Waals surface area contributed by atoms with Gasteiger partial charge in [0.2, 0.25) is 0 Å². The quantitative estimate of drug-likeness (QED) is 0.806. The molecular formula is C19H33BN2. The maximum Gasteiger partial charge on any atom is 0.0957 e. The van der Waals surface area contributed by atoms with Gasteiger partial charge in [0.1, 0.15) is 0 Å². The number of likely N-dealkylation sites (N-methyl/N-ethyl adjacent to an activating group) is 1. The van der Waals surface area contributed by atoms with Gasteiger partial charge in [0.15, 0.2) is 0 Å². The van der Waals surface area contributed by atoms with Crippen molar-refractivity contribution >= 4 is 18.7 Å². The van der Waals surface area contributed by atoms with Gasteiger partial charge >= 0.3 is 0 Å². The summed E-state index contributed by atoms with van der Waals surface area (Å²) in [5.74, 6) is 0. The van der Waals surface area contributed by atoms with Gasteiger partial charge in [-0.15, -0.1) is 0 Å². The highest BCUT2D eigenvalue weighted by molar-refractivity contribution is 6.15. The van der Waals surface area contributed by atoms with Crippen molar-refractivity contribution in [3.8, 4) is 0 Å². The molecule has 1 aromatic heterocycles.